The van der Waals surface area contributed by atoms with Crippen LogP contribution in [0.3, 0.4) is 0 Å². The minimum atomic E-state index is -0.674. The molecule has 0 N–H and O–H groups in total. The van der Waals surface area contributed by atoms with E-state index in [0.717, 1.165) is 16.7 Å². The van der Waals surface area contributed by atoms with Gasteiger partial charge in [0.05, 0.1) is 0 Å². The molecule has 0 bridgehead atoms. The van der Waals surface area contributed by atoms with Gasteiger partial charge in [0.15, 0.2) is 11.6 Å². The van der Waals surface area contributed by atoms with Gasteiger partial charge in [0.25, 0.3) is 0 Å². The Labute approximate surface area is 117 Å². The molecule has 0 aliphatic carbocycles. The first-order chi connectivity index (χ1) is 9.75. The van der Waals surface area contributed by atoms with Gasteiger partial charge in [0.2, 0.25) is 0 Å². The molecule has 3 nitrogen and oxygen atoms in total. The summed E-state index contributed by atoms with van der Waals surface area (Å²) < 4.78 is 4.96. The number of ether oxygens (including phenoxy) is 1. The largest absolute Gasteiger partial charge is 0.366 e. The van der Waals surface area contributed by atoms with Gasteiger partial charge in [0, 0.05) is 0 Å². The van der Waals surface area contributed by atoms with E-state index in [1.165, 1.54) is 0 Å². The Morgan fingerprint density at radius 1 is 0.800 bits per heavy atom. The molecule has 3 rings (SSSR count). The fraction of sp³-hybridized carbons (Fsp3) is 0.176. The minimum Gasteiger partial charge on any atom is -0.366 e. The third kappa shape index (κ3) is 2.40. The van der Waals surface area contributed by atoms with Crippen LogP contribution in [-0.4, -0.2) is 24.8 Å². The third-order valence-corrected chi connectivity index (χ3v) is 3.46. The van der Waals surface area contributed by atoms with Crippen molar-refractivity contribution in [2.24, 2.45) is 0 Å². The second kappa shape index (κ2) is 5.39. The number of carbonyl (C=O) groups is 2. The lowest BCUT2D eigenvalue weighted by molar-refractivity contribution is -0.141. The smallest absolute Gasteiger partial charge is 0.173 e. The van der Waals surface area contributed by atoms with Crippen LogP contribution in [0.5, 0.6) is 0 Å². The third-order valence-electron chi connectivity index (χ3n) is 3.46. The highest BCUT2D eigenvalue weighted by Gasteiger charge is 2.32. The predicted octanol–water partition coefficient (Wildman–Crippen LogP) is 2.61. The molecular weight excluding hydrogens is 252 g/mol. The van der Waals surface area contributed by atoms with Gasteiger partial charge in [-0.25, -0.2) is 0 Å². The summed E-state index contributed by atoms with van der Waals surface area (Å²) in [5, 5.41) is 0. The summed E-state index contributed by atoms with van der Waals surface area (Å²) in [4.78, 5) is 23.8. The van der Waals surface area contributed by atoms with Crippen molar-refractivity contribution in [2.45, 2.75) is 5.92 Å². The number of hydrogen-bond donors (Lipinski definition) is 0. The van der Waals surface area contributed by atoms with Crippen LogP contribution in [0.25, 0.3) is 11.1 Å². The average molecular weight is 266 g/mol. The number of carbonyl (C=O) groups excluding carboxylic acids is 2. The number of Topliss-reactive ketones (excluding diaryl/α,β-unsaturated/α-hetero) is 2. The Morgan fingerprint density at radius 2 is 1.45 bits per heavy atom. The van der Waals surface area contributed by atoms with E-state index >= 15 is 0 Å². The van der Waals surface area contributed by atoms with Gasteiger partial charge in [-0.15, -0.1) is 0 Å². The Bertz CT molecular complexity index is 630. The molecule has 0 radical (unpaired) electrons. The van der Waals surface area contributed by atoms with Crippen LogP contribution in [0.4, 0.5) is 0 Å². The maximum atomic E-state index is 11.9. The SMILES string of the molecule is O=C1COCC(=O)C1c1cccc(-c2ccccc2)c1. The highest BCUT2D eigenvalue weighted by molar-refractivity contribution is 6.10. The molecule has 1 aliphatic rings. The van der Waals surface area contributed by atoms with E-state index < -0.39 is 5.92 Å². The van der Waals surface area contributed by atoms with Crippen molar-refractivity contribution >= 4 is 11.6 Å². The first-order valence-electron chi connectivity index (χ1n) is 6.54. The van der Waals surface area contributed by atoms with Gasteiger partial charge in [-0.05, 0) is 22.8 Å². The standard InChI is InChI=1S/C17H14O3/c18-15-10-20-11-16(19)17(15)14-8-4-7-13(9-14)12-5-2-1-3-6-12/h1-9,17H,10-11H2. The molecule has 2 aromatic rings. The molecule has 2 aromatic carbocycles. The van der Waals surface area contributed by atoms with Crippen molar-refractivity contribution in [1.82, 2.24) is 0 Å². The normalized spacial score (nSPS) is 16.4. The van der Waals surface area contributed by atoms with Crippen LogP contribution >= 0.6 is 0 Å². The molecule has 0 atom stereocenters. The van der Waals surface area contributed by atoms with Crippen LogP contribution in [0, 0.1) is 0 Å². The average Bonchev–Trinajstić information content (AvgIpc) is 2.48. The van der Waals surface area contributed by atoms with Crippen molar-refractivity contribution in [3.8, 4) is 11.1 Å². The van der Waals surface area contributed by atoms with Crippen molar-refractivity contribution in [3.63, 3.8) is 0 Å². The molecule has 3 heteroatoms. The van der Waals surface area contributed by atoms with Crippen LogP contribution in [0.2, 0.25) is 0 Å². The van der Waals surface area contributed by atoms with Gasteiger partial charge < -0.3 is 4.74 Å². The van der Waals surface area contributed by atoms with Crippen molar-refractivity contribution < 1.29 is 14.3 Å². The summed E-state index contributed by atoms with van der Waals surface area (Å²) >= 11 is 0. The highest BCUT2D eigenvalue weighted by atomic mass is 16.5. The van der Waals surface area contributed by atoms with E-state index in [9.17, 15) is 9.59 Å². The topological polar surface area (TPSA) is 43.4 Å². The molecule has 0 spiro atoms. The Kier molecular flexibility index (Phi) is 3.44. The number of benzene rings is 2. The van der Waals surface area contributed by atoms with E-state index in [2.05, 4.69) is 0 Å². The lowest BCUT2D eigenvalue weighted by Gasteiger charge is -2.20. The fourth-order valence-electron chi connectivity index (χ4n) is 2.50. The van der Waals surface area contributed by atoms with Crippen LogP contribution in [0.15, 0.2) is 54.6 Å². The van der Waals surface area contributed by atoms with Gasteiger partial charge in [-0.2, -0.15) is 0 Å². The second-order valence-corrected chi connectivity index (χ2v) is 4.85. The summed E-state index contributed by atoms with van der Waals surface area (Å²) in [5.41, 5.74) is 2.83. The van der Waals surface area contributed by atoms with E-state index in [0.29, 0.717) is 0 Å². The summed E-state index contributed by atoms with van der Waals surface area (Å²) in [6.45, 7) is 0.0396. The van der Waals surface area contributed by atoms with E-state index in [1.807, 2.05) is 54.6 Å². The summed E-state index contributed by atoms with van der Waals surface area (Å²) in [6, 6.07) is 17.5. The maximum Gasteiger partial charge on any atom is 0.173 e. The van der Waals surface area contributed by atoms with Gasteiger partial charge in [-0.1, -0.05) is 48.5 Å². The molecule has 1 saturated heterocycles. The molecule has 20 heavy (non-hydrogen) atoms. The van der Waals surface area contributed by atoms with Gasteiger partial charge in [0.1, 0.15) is 19.1 Å². The van der Waals surface area contributed by atoms with Crippen molar-refractivity contribution in [1.29, 1.82) is 0 Å². The molecular formula is C17H14O3. The molecule has 0 aromatic heterocycles. The summed E-state index contributed by atoms with van der Waals surface area (Å²) in [5.74, 6) is -0.995. The maximum absolute atomic E-state index is 11.9. The Morgan fingerprint density at radius 3 is 2.15 bits per heavy atom. The second-order valence-electron chi connectivity index (χ2n) is 4.85. The molecule has 100 valence electrons. The zero-order valence-corrected chi connectivity index (χ0v) is 10.9. The zero-order valence-electron chi connectivity index (χ0n) is 10.9. The Balaban J connectivity index is 1.99. The first kappa shape index (κ1) is 12.8. The molecule has 1 aliphatic heterocycles. The Hall–Kier alpha value is -2.26. The molecule has 0 amide bonds. The lowest BCUT2D eigenvalue weighted by Crippen LogP contribution is -2.34. The van der Waals surface area contributed by atoms with E-state index in [-0.39, 0.29) is 24.8 Å². The van der Waals surface area contributed by atoms with E-state index in [4.69, 9.17) is 4.74 Å². The molecule has 1 heterocycles. The van der Waals surface area contributed by atoms with Crippen LogP contribution in [-0.2, 0) is 14.3 Å². The van der Waals surface area contributed by atoms with Crippen molar-refractivity contribution in [2.75, 3.05) is 13.2 Å². The fourth-order valence-corrected chi connectivity index (χ4v) is 2.50. The zero-order chi connectivity index (χ0) is 13.9. The number of ketones is 2. The van der Waals surface area contributed by atoms with Crippen molar-refractivity contribution in [3.05, 3.63) is 60.2 Å². The number of rotatable bonds is 2. The predicted molar refractivity (Wildman–Crippen MR) is 75.5 cm³/mol. The quantitative estimate of drug-likeness (QED) is 0.785. The first-order valence-corrected chi connectivity index (χ1v) is 6.54. The molecule has 0 unspecified atom stereocenters. The number of hydrogen-bond acceptors (Lipinski definition) is 3. The molecule has 0 saturated carbocycles. The summed E-state index contributed by atoms with van der Waals surface area (Å²) in [7, 11) is 0. The van der Waals surface area contributed by atoms with Gasteiger partial charge >= 0.3 is 0 Å². The molecule has 1 fully saturated rings. The van der Waals surface area contributed by atoms with Gasteiger partial charge in [-0.3, -0.25) is 9.59 Å². The van der Waals surface area contributed by atoms with Crippen LogP contribution in [0.1, 0.15) is 11.5 Å². The van der Waals surface area contributed by atoms with E-state index in [1.54, 1.807) is 0 Å². The van der Waals surface area contributed by atoms with Crippen LogP contribution < -0.4 is 0 Å². The lowest BCUT2D eigenvalue weighted by atomic mass is 9.88. The summed E-state index contributed by atoms with van der Waals surface area (Å²) in [6.07, 6.45) is 0. The minimum absolute atomic E-state index is 0.0198. The highest BCUT2D eigenvalue weighted by Crippen LogP contribution is 2.26. The monoisotopic (exact) mass is 266 g/mol.